The van der Waals surface area contributed by atoms with Gasteiger partial charge in [-0.1, -0.05) is 12.8 Å². The molecule has 1 aliphatic carbocycles. The Bertz CT molecular complexity index is 337. The lowest BCUT2D eigenvalue weighted by Gasteiger charge is -2.40. The van der Waals surface area contributed by atoms with Gasteiger partial charge in [0.05, 0.1) is 25.6 Å². The summed E-state index contributed by atoms with van der Waals surface area (Å²) in [5.41, 5.74) is 0. The van der Waals surface area contributed by atoms with Crippen molar-refractivity contribution in [2.24, 2.45) is 0 Å². The van der Waals surface area contributed by atoms with Gasteiger partial charge in [0.15, 0.2) is 0 Å². The van der Waals surface area contributed by atoms with Gasteiger partial charge < -0.3 is 4.74 Å². The first kappa shape index (κ1) is 13.3. The average Bonchev–Trinajstić information content (AvgIpc) is 2.29. The van der Waals surface area contributed by atoms with Crippen molar-refractivity contribution < 1.29 is 17.3 Å². The number of morpholine rings is 1. The zero-order valence-electron chi connectivity index (χ0n) is 10.3. The fraction of sp³-hybridized carbons (Fsp3) is 1.00. The molecular weight excluding hydrogens is 242 g/mol. The predicted octanol–water partition coefficient (Wildman–Crippen LogP) is 0.606. The molecule has 1 saturated heterocycles. The Balaban J connectivity index is 2.00. The van der Waals surface area contributed by atoms with Crippen LogP contribution in [0, 0.1) is 0 Å². The lowest BCUT2D eigenvalue weighted by Crippen LogP contribution is -2.51. The molecule has 0 bridgehead atoms. The summed E-state index contributed by atoms with van der Waals surface area (Å²) in [5.74, 6) is 0. The Morgan fingerprint density at radius 3 is 2.47 bits per heavy atom. The smallest absolute Gasteiger partial charge is 0.264 e. The molecule has 0 aromatic rings. The molecule has 2 aliphatic rings. The summed E-state index contributed by atoms with van der Waals surface area (Å²) >= 11 is 0. The molecule has 100 valence electrons. The largest absolute Gasteiger partial charge is 0.379 e. The van der Waals surface area contributed by atoms with Crippen LogP contribution in [-0.2, 0) is 19.0 Å². The van der Waals surface area contributed by atoms with E-state index >= 15 is 0 Å². The van der Waals surface area contributed by atoms with E-state index in [0.717, 1.165) is 58.2 Å². The van der Waals surface area contributed by atoms with Crippen LogP contribution in [0.1, 0.15) is 25.7 Å². The molecule has 2 rings (SSSR count). The minimum Gasteiger partial charge on any atom is -0.379 e. The lowest BCUT2D eigenvalue weighted by atomic mass is 9.91. The molecule has 0 N–H and O–H groups in total. The minimum atomic E-state index is -3.35. The Morgan fingerprint density at radius 1 is 1.18 bits per heavy atom. The van der Waals surface area contributed by atoms with Crippen LogP contribution in [0.3, 0.4) is 0 Å². The zero-order chi connectivity index (χ0) is 12.3. The standard InChI is InChI=1S/C11H21NO4S/c1-17(13,14)16-11-5-3-2-4-10(11)12-6-8-15-9-7-12/h10-11H,2-9H2,1H3. The maximum atomic E-state index is 11.3. The number of ether oxygens (including phenoxy) is 1. The minimum absolute atomic E-state index is 0.170. The van der Waals surface area contributed by atoms with Crippen molar-refractivity contribution >= 4 is 10.1 Å². The van der Waals surface area contributed by atoms with Gasteiger partial charge in [0, 0.05) is 19.1 Å². The summed E-state index contributed by atoms with van der Waals surface area (Å²) in [6.07, 6.45) is 5.05. The molecule has 5 nitrogen and oxygen atoms in total. The SMILES string of the molecule is CS(=O)(=O)OC1CCCCC1N1CCOCC1. The van der Waals surface area contributed by atoms with E-state index in [1.807, 2.05) is 0 Å². The van der Waals surface area contributed by atoms with Crippen LogP contribution in [-0.4, -0.2) is 58.0 Å². The molecular formula is C11H21NO4S. The molecule has 0 aromatic heterocycles. The van der Waals surface area contributed by atoms with Gasteiger partial charge in [-0.05, 0) is 12.8 Å². The second-order valence-corrected chi connectivity index (χ2v) is 6.44. The molecule has 0 amide bonds. The van der Waals surface area contributed by atoms with Gasteiger partial charge in [-0.2, -0.15) is 8.42 Å². The third kappa shape index (κ3) is 3.91. The first-order valence-electron chi connectivity index (χ1n) is 6.26. The fourth-order valence-electron chi connectivity index (χ4n) is 2.74. The van der Waals surface area contributed by atoms with E-state index < -0.39 is 10.1 Å². The molecule has 0 radical (unpaired) electrons. The van der Waals surface area contributed by atoms with Crippen molar-refractivity contribution in [3.05, 3.63) is 0 Å². The van der Waals surface area contributed by atoms with Crippen molar-refractivity contribution in [1.82, 2.24) is 4.90 Å². The highest BCUT2D eigenvalue weighted by molar-refractivity contribution is 7.86. The normalized spacial score (nSPS) is 32.5. The van der Waals surface area contributed by atoms with Crippen LogP contribution in [0.2, 0.25) is 0 Å². The molecule has 0 aromatic carbocycles. The second kappa shape index (κ2) is 5.65. The van der Waals surface area contributed by atoms with Crippen LogP contribution in [0.15, 0.2) is 0 Å². The van der Waals surface area contributed by atoms with Gasteiger partial charge in [-0.15, -0.1) is 0 Å². The third-order valence-corrected chi connectivity index (χ3v) is 4.08. The van der Waals surface area contributed by atoms with Crippen LogP contribution < -0.4 is 0 Å². The molecule has 0 spiro atoms. The van der Waals surface area contributed by atoms with E-state index in [4.69, 9.17) is 8.92 Å². The molecule has 2 fully saturated rings. The van der Waals surface area contributed by atoms with Gasteiger partial charge in [0.1, 0.15) is 0 Å². The topological polar surface area (TPSA) is 55.8 Å². The maximum absolute atomic E-state index is 11.3. The second-order valence-electron chi connectivity index (χ2n) is 4.84. The van der Waals surface area contributed by atoms with Crippen LogP contribution in [0.25, 0.3) is 0 Å². The predicted molar refractivity (Wildman–Crippen MR) is 64.4 cm³/mol. The summed E-state index contributed by atoms with van der Waals surface area (Å²) in [6.45, 7) is 3.24. The van der Waals surface area contributed by atoms with Gasteiger partial charge in [-0.25, -0.2) is 0 Å². The molecule has 2 atom stereocenters. The van der Waals surface area contributed by atoms with Crippen LogP contribution in [0.5, 0.6) is 0 Å². The van der Waals surface area contributed by atoms with E-state index in [1.165, 1.54) is 0 Å². The van der Waals surface area contributed by atoms with E-state index in [2.05, 4.69) is 4.90 Å². The Labute approximate surface area is 103 Å². The highest BCUT2D eigenvalue weighted by Crippen LogP contribution is 2.27. The maximum Gasteiger partial charge on any atom is 0.264 e. The van der Waals surface area contributed by atoms with Gasteiger partial charge in [0.2, 0.25) is 0 Å². The number of nitrogens with zero attached hydrogens (tertiary/aromatic N) is 1. The van der Waals surface area contributed by atoms with Gasteiger partial charge >= 0.3 is 0 Å². The number of hydrogen-bond acceptors (Lipinski definition) is 5. The lowest BCUT2D eigenvalue weighted by molar-refractivity contribution is -0.0263. The zero-order valence-corrected chi connectivity index (χ0v) is 11.1. The molecule has 17 heavy (non-hydrogen) atoms. The molecule has 6 heteroatoms. The van der Waals surface area contributed by atoms with Crippen molar-refractivity contribution in [2.45, 2.75) is 37.8 Å². The Morgan fingerprint density at radius 2 is 1.82 bits per heavy atom. The summed E-state index contributed by atoms with van der Waals surface area (Å²) in [4.78, 5) is 2.32. The van der Waals surface area contributed by atoms with Crippen molar-refractivity contribution in [3.63, 3.8) is 0 Å². The summed E-state index contributed by atoms with van der Waals surface area (Å²) in [6, 6.07) is 0.238. The van der Waals surface area contributed by atoms with E-state index in [-0.39, 0.29) is 12.1 Å². The highest BCUT2D eigenvalue weighted by atomic mass is 32.2. The van der Waals surface area contributed by atoms with E-state index in [1.54, 1.807) is 0 Å². The van der Waals surface area contributed by atoms with Gasteiger partial charge in [-0.3, -0.25) is 9.08 Å². The first-order chi connectivity index (χ1) is 8.06. The number of hydrogen-bond donors (Lipinski definition) is 0. The van der Waals surface area contributed by atoms with E-state index in [9.17, 15) is 8.42 Å². The monoisotopic (exact) mass is 263 g/mol. The van der Waals surface area contributed by atoms with Crippen molar-refractivity contribution in [3.8, 4) is 0 Å². The number of rotatable bonds is 3. The summed E-state index contributed by atoms with van der Waals surface area (Å²) in [5, 5.41) is 0. The Hall–Kier alpha value is -0.170. The highest BCUT2D eigenvalue weighted by Gasteiger charge is 2.33. The quantitative estimate of drug-likeness (QED) is 0.698. The molecule has 1 heterocycles. The van der Waals surface area contributed by atoms with Gasteiger partial charge in [0.25, 0.3) is 10.1 Å². The van der Waals surface area contributed by atoms with Crippen LogP contribution in [0.4, 0.5) is 0 Å². The van der Waals surface area contributed by atoms with E-state index in [0.29, 0.717) is 0 Å². The van der Waals surface area contributed by atoms with Crippen molar-refractivity contribution in [2.75, 3.05) is 32.6 Å². The molecule has 1 aliphatic heterocycles. The first-order valence-corrected chi connectivity index (χ1v) is 8.08. The summed E-state index contributed by atoms with van der Waals surface area (Å²) in [7, 11) is -3.35. The molecule has 1 saturated carbocycles. The third-order valence-electron chi connectivity index (χ3n) is 3.48. The van der Waals surface area contributed by atoms with Crippen LogP contribution >= 0.6 is 0 Å². The van der Waals surface area contributed by atoms with Crippen molar-refractivity contribution in [1.29, 1.82) is 0 Å². The fourth-order valence-corrected chi connectivity index (χ4v) is 3.41. The molecule has 2 unspecified atom stereocenters. The Kier molecular flexibility index (Phi) is 4.41. The average molecular weight is 263 g/mol. The summed E-state index contributed by atoms with van der Waals surface area (Å²) < 4.78 is 33.1.